The molecule has 0 saturated carbocycles. The molecule has 1 aliphatic heterocycles. The van der Waals surface area contributed by atoms with Crippen molar-refractivity contribution < 1.29 is 9.53 Å². The van der Waals surface area contributed by atoms with E-state index in [1.54, 1.807) is 0 Å². The summed E-state index contributed by atoms with van der Waals surface area (Å²) in [6, 6.07) is 18.1. The monoisotopic (exact) mass is 433 g/mol. The minimum atomic E-state index is 0.0126. The van der Waals surface area contributed by atoms with Crippen molar-refractivity contribution in [1.82, 2.24) is 25.0 Å². The van der Waals surface area contributed by atoms with Gasteiger partial charge in [0.25, 0.3) is 0 Å². The number of rotatable bonds is 8. The van der Waals surface area contributed by atoms with Crippen molar-refractivity contribution in [3.8, 4) is 11.5 Å². The van der Waals surface area contributed by atoms with Crippen molar-refractivity contribution in [3.63, 3.8) is 0 Å². The van der Waals surface area contributed by atoms with Gasteiger partial charge in [0, 0.05) is 38.5 Å². The predicted molar refractivity (Wildman–Crippen MR) is 123 cm³/mol. The number of hydrogen-bond donors (Lipinski definition) is 1. The molecule has 168 valence electrons. The first-order valence-corrected chi connectivity index (χ1v) is 11.3. The van der Waals surface area contributed by atoms with Crippen molar-refractivity contribution in [3.05, 3.63) is 71.8 Å². The summed E-state index contributed by atoms with van der Waals surface area (Å²) < 4.78 is 8.14. The molecular weight excluding hydrogens is 402 g/mol. The molecule has 0 spiro atoms. The van der Waals surface area contributed by atoms with E-state index in [0.29, 0.717) is 6.54 Å². The number of fused-ring (bicyclic) bond motifs is 1. The number of hydrogen-bond acceptors (Lipinski definition) is 5. The predicted octanol–water partition coefficient (Wildman–Crippen LogP) is 3.79. The van der Waals surface area contributed by atoms with Crippen LogP contribution in [0.4, 0.5) is 0 Å². The molecule has 2 heterocycles. The summed E-state index contributed by atoms with van der Waals surface area (Å²) in [7, 11) is 0. The third-order valence-electron chi connectivity index (χ3n) is 5.96. The fourth-order valence-corrected chi connectivity index (χ4v) is 3.83. The first kappa shape index (κ1) is 22.0. The van der Waals surface area contributed by atoms with Gasteiger partial charge >= 0.3 is 0 Å². The second kappa shape index (κ2) is 10.4. The molecule has 1 atom stereocenters. The zero-order valence-corrected chi connectivity index (χ0v) is 18.8. The molecule has 1 aromatic heterocycles. The van der Waals surface area contributed by atoms with Gasteiger partial charge in [-0.3, -0.25) is 9.69 Å². The van der Waals surface area contributed by atoms with Crippen molar-refractivity contribution >= 4 is 5.91 Å². The average molecular weight is 434 g/mol. The van der Waals surface area contributed by atoms with E-state index >= 15 is 0 Å². The van der Waals surface area contributed by atoms with Crippen molar-refractivity contribution in [2.75, 3.05) is 13.1 Å². The van der Waals surface area contributed by atoms with Crippen LogP contribution >= 0.6 is 0 Å². The summed E-state index contributed by atoms with van der Waals surface area (Å²) in [5.74, 6) is 3.58. The van der Waals surface area contributed by atoms with Crippen LogP contribution in [0.1, 0.15) is 37.5 Å². The molecule has 4 rings (SSSR count). The molecule has 0 aliphatic carbocycles. The maximum Gasteiger partial charge on any atom is 0.223 e. The Kier molecular flexibility index (Phi) is 7.17. The van der Waals surface area contributed by atoms with Gasteiger partial charge in [-0.1, -0.05) is 44.2 Å². The fourth-order valence-electron chi connectivity index (χ4n) is 3.83. The van der Waals surface area contributed by atoms with Crippen molar-refractivity contribution in [2.45, 2.75) is 46.3 Å². The summed E-state index contributed by atoms with van der Waals surface area (Å²) in [5.41, 5.74) is 1.22. The number of carbonyl (C=O) groups is 1. The normalized spacial score (nSPS) is 14.9. The lowest BCUT2D eigenvalue weighted by atomic mass is 10.1. The molecule has 7 heteroatoms. The summed E-state index contributed by atoms with van der Waals surface area (Å²) in [4.78, 5) is 14.5. The number of para-hydroxylation sites is 1. The Morgan fingerprint density at radius 2 is 1.88 bits per heavy atom. The van der Waals surface area contributed by atoms with Gasteiger partial charge in [-0.25, -0.2) is 0 Å². The Morgan fingerprint density at radius 1 is 1.06 bits per heavy atom. The highest BCUT2D eigenvalue weighted by Crippen LogP contribution is 2.23. The standard InChI is InChI=1S/C25H31N5O2/c1-3-19(2)25(31)26-17-24-28-27-23-12-13-29(14-15-30(23)24)18-20-8-7-11-22(16-20)32-21-9-5-4-6-10-21/h4-11,16,19H,3,12-15,17-18H2,1-2H3,(H,26,31)/t19-/m0/s1. The van der Waals surface area contributed by atoms with E-state index in [1.807, 2.05) is 56.3 Å². The maximum absolute atomic E-state index is 12.1. The molecule has 0 fully saturated rings. The second-order valence-electron chi connectivity index (χ2n) is 8.30. The lowest BCUT2D eigenvalue weighted by Gasteiger charge is -2.20. The number of nitrogens with one attached hydrogen (secondary N) is 1. The van der Waals surface area contributed by atoms with E-state index in [0.717, 1.165) is 62.2 Å². The average Bonchev–Trinajstić information content (AvgIpc) is 3.10. The van der Waals surface area contributed by atoms with E-state index in [1.165, 1.54) is 5.56 Å². The first-order chi connectivity index (χ1) is 15.6. The number of aromatic nitrogens is 3. The zero-order chi connectivity index (χ0) is 22.3. The topological polar surface area (TPSA) is 72.3 Å². The van der Waals surface area contributed by atoms with Crippen LogP contribution in [-0.2, 0) is 30.8 Å². The quantitative estimate of drug-likeness (QED) is 0.585. The first-order valence-electron chi connectivity index (χ1n) is 11.3. The van der Waals surface area contributed by atoms with Gasteiger partial charge in [0.1, 0.15) is 17.3 Å². The fraction of sp³-hybridized carbons (Fsp3) is 0.400. The van der Waals surface area contributed by atoms with Gasteiger partial charge in [-0.15, -0.1) is 10.2 Å². The van der Waals surface area contributed by atoms with E-state index in [4.69, 9.17) is 4.74 Å². The van der Waals surface area contributed by atoms with Crippen LogP contribution in [0.2, 0.25) is 0 Å². The lowest BCUT2D eigenvalue weighted by molar-refractivity contribution is -0.124. The van der Waals surface area contributed by atoms with Gasteiger partial charge in [-0.05, 0) is 36.2 Å². The second-order valence-corrected chi connectivity index (χ2v) is 8.30. The highest BCUT2D eigenvalue weighted by atomic mass is 16.5. The molecule has 32 heavy (non-hydrogen) atoms. The van der Waals surface area contributed by atoms with E-state index < -0.39 is 0 Å². The Balaban J connectivity index is 1.35. The Hall–Kier alpha value is -3.19. The molecule has 0 bridgehead atoms. The summed E-state index contributed by atoms with van der Waals surface area (Å²) in [5, 5.41) is 11.7. The van der Waals surface area contributed by atoms with Crippen LogP contribution in [0.5, 0.6) is 11.5 Å². The van der Waals surface area contributed by atoms with Crippen LogP contribution in [-0.4, -0.2) is 38.7 Å². The molecule has 1 N–H and O–H groups in total. The van der Waals surface area contributed by atoms with Crippen LogP contribution in [0, 0.1) is 5.92 Å². The third-order valence-corrected chi connectivity index (χ3v) is 5.96. The molecule has 3 aromatic rings. The Labute approximate surface area is 189 Å². The summed E-state index contributed by atoms with van der Waals surface area (Å²) in [6.07, 6.45) is 1.67. The number of nitrogens with zero attached hydrogens (tertiary/aromatic N) is 4. The number of benzene rings is 2. The van der Waals surface area contributed by atoms with Crippen molar-refractivity contribution in [2.24, 2.45) is 5.92 Å². The van der Waals surface area contributed by atoms with Crippen LogP contribution < -0.4 is 10.1 Å². The van der Waals surface area contributed by atoms with E-state index in [9.17, 15) is 4.79 Å². The zero-order valence-electron chi connectivity index (χ0n) is 18.8. The molecule has 1 amide bonds. The third kappa shape index (κ3) is 5.53. The SMILES string of the molecule is CC[C@H](C)C(=O)NCc1nnc2n1CCN(Cc1cccc(Oc3ccccc3)c1)CC2. The molecule has 0 radical (unpaired) electrons. The molecule has 7 nitrogen and oxygen atoms in total. The van der Waals surface area contributed by atoms with E-state index in [2.05, 4.69) is 37.1 Å². The van der Waals surface area contributed by atoms with Gasteiger partial charge in [-0.2, -0.15) is 0 Å². The minimum absolute atomic E-state index is 0.0126. The van der Waals surface area contributed by atoms with Gasteiger partial charge in [0.05, 0.1) is 6.54 Å². The number of amides is 1. The smallest absolute Gasteiger partial charge is 0.223 e. The van der Waals surface area contributed by atoms with Gasteiger partial charge < -0.3 is 14.6 Å². The summed E-state index contributed by atoms with van der Waals surface area (Å²) in [6.45, 7) is 7.88. The minimum Gasteiger partial charge on any atom is -0.457 e. The molecular formula is C25H31N5O2. The Bertz CT molecular complexity index is 1030. The summed E-state index contributed by atoms with van der Waals surface area (Å²) >= 11 is 0. The van der Waals surface area contributed by atoms with Crippen LogP contribution in [0.15, 0.2) is 54.6 Å². The lowest BCUT2D eigenvalue weighted by Crippen LogP contribution is -2.30. The maximum atomic E-state index is 12.1. The molecule has 2 aromatic carbocycles. The molecule has 1 aliphatic rings. The Morgan fingerprint density at radius 3 is 2.69 bits per heavy atom. The largest absolute Gasteiger partial charge is 0.457 e. The number of carbonyl (C=O) groups excluding carboxylic acids is 1. The van der Waals surface area contributed by atoms with Crippen LogP contribution in [0.25, 0.3) is 0 Å². The van der Waals surface area contributed by atoms with Crippen molar-refractivity contribution in [1.29, 1.82) is 0 Å². The highest BCUT2D eigenvalue weighted by molar-refractivity contribution is 5.78. The van der Waals surface area contributed by atoms with Gasteiger partial charge in [0.15, 0.2) is 5.82 Å². The number of ether oxygens (including phenoxy) is 1. The molecule has 0 unspecified atom stereocenters. The van der Waals surface area contributed by atoms with E-state index in [-0.39, 0.29) is 11.8 Å². The molecule has 0 saturated heterocycles. The van der Waals surface area contributed by atoms with Crippen LogP contribution in [0.3, 0.4) is 0 Å². The highest BCUT2D eigenvalue weighted by Gasteiger charge is 2.20. The van der Waals surface area contributed by atoms with Gasteiger partial charge in [0.2, 0.25) is 5.91 Å².